The van der Waals surface area contributed by atoms with Crippen LogP contribution in [0.1, 0.15) is 24.8 Å². The summed E-state index contributed by atoms with van der Waals surface area (Å²) in [5, 5.41) is 13.0. The number of fused-ring (bicyclic) bond motifs is 1. The second kappa shape index (κ2) is 5.58. The van der Waals surface area contributed by atoms with Crippen LogP contribution in [0.2, 0.25) is 0 Å². The quantitative estimate of drug-likeness (QED) is 0.815. The molecule has 1 N–H and O–H groups in total. The molecule has 0 bridgehead atoms. The monoisotopic (exact) mass is 252 g/mol. The zero-order valence-electron chi connectivity index (χ0n) is 11.1. The van der Waals surface area contributed by atoms with Crippen LogP contribution in [0.25, 0.3) is 10.8 Å². The molecule has 2 aromatic carbocycles. The zero-order chi connectivity index (χ0) is 13.1. The zero-order valence-corrected chi connectivity index (χ0v) is 11.1. The standard InChI is InChI=1S/C18H20O/c19-18(15-8-2-1-3-9-15)13-16-11-6-10-14-7-4-5-12-17(14)16/h1-2,4-7,10-12,15,18-19H,3,8-9,13H2. The summed E-state index contributed by atoms with van der Waals surface area (Å²) in [4.78, 5) is 0. The molecule has 1 aliphatic rings. The Balaban J connectivity index is 1.83. The first kappa shape index (κ1) is 12.4. The van der Waals surface area contributed by atoms with E-state index in [0.29, 0.717) is 5.92 Å². The maximum Gasteiger partial charge on any atom is 0.0611 e. The topological polar surface area (TPSA) is 20.2 Å². The summed E-state index contributed by atoms with van der Waals surface area (Å²) in [6, 6.07) is 14.8. The predicted octanol–water partition coefficient (Wildman–Crippen LogP) is 4.10. The highest BCUT2D eigenvalue weighted by Crippen LogP contribution is 2.26. The van der Waals surface area contributed by atoms with Crippen LogP contribution in [0.4, 0.5) is 0 Å². The molecule has 19 heavy (non-hydrogen) atoms. The van der Waals surface area contributed by atoms with E-state index in [1.54, 1.807) is 0 Å². The molecule has 1 heteroatoms. The molecule has 0 fully saturated rings. The van der Waals surface area contributed by atoms with Crippen molar-refractivity contribution in [2.45, 2.75) is 31.8 Å². The van der Waals surface area contributed by atoms with Crippen molar-refractivity contribution in [3.63, 3.8) is 0 Å². The Morgan fingerprint density at radius 1 is 1.05 bits per heavy atom. The van der Waals surface area contributed by atoms with E-state index in [9.17, 15) is 5.11 Å². The van der Waals surface area contributed by atoms with Gasteiger partial charge in [0.15, 0.2) is 0 Å². The smallest absolute Gasteiger partial charge is 0.0611 e. The normalized spacial score (nSPS) is 20.6. The van der Waals surface area contributed by atoms with Gasteiger partial charge in [0.2, 0.25) is 0 Å². The van der Waals surface area contributed by atoms with Crippen LogP contribution < -0.4 is 0 Å². The van der Waals surface area contributed by atoms with Crippen molar-refractivity contribution in [3.8, 4) is 0 Å². The van der Waals surface area contributed by atoms with Gasteiger partial charge in [-0.05, 0) is 47.9 Å². The van der Waals surface area contributed by atoms with Gasteiger partial charge in [0, 0.05) is 0 Å². The molecule has 2 aromatic rings. The third kappa shape index (κ3) is 2.71. The molecule has 2 atom stereocenters. The third-order valence-electron chi connectivity index (χ3n) is 4.16. The Labute approximate surface area is 114 Å². The molecular weight excluding hydrogens is 232 g/mol. The lowest BCUT2D eigenvalue weighted by atomic mass is 9.86. The van der Waals surface area contributed by atoms with Gasteiger partial charge in [0.25, 0.3) is 0 Å². The highest BCUT2D eigenvalue weighted by molar-refractivity contribution is 5.85. The molecule has 1 nitrogen and oxygen atoms in total. The van der Waals surface area contributed by atoms with E-state index in [1.165, 1.54) is 16.3 Å². The largest absolute Gasteiger partial charge is 0.392 e. The first-order valence-corrected chi connectivity index (χ1v) is 7.14. The number of hydrogen-bond acceptors (Lipinski definition) is 1. The summed E-state index contributed by atoms with van der Waals surface area (Å²) < 4.78 is 0. The highest BCUT2D eigenvalue weighted by atomic mass is 16.3. The van der Waals surface area contributed by atoms with Crippen LogP contribution in [0.5, 0.6) is 0 Å². The summed E-state index contributed by atoms with van der Waals surface area (Å²) in [6.07, 6.45) is 8.21. The van der Waals surface area contributed by atoms with Crippen LogP contribution in [0, 0.1) is 5.92 Å². The molecular formula is C18H20O. The van der Waals surface area contributed by atoms with Gasteiger partial charge in [-0.15, -0.1) is 0 Å². The van der Waals surface area contributed by atoms with E-state index in [1.807, 2.05) is 0 Å². The molecule has 98 valence electrons. The SMILES string of the molecule is OC(Cc1cccc2ccccc12)C1CC=CCC1. The molecule has 0 heterocycles. The molecule has 0 saturated heterocycles. The van der Waals surface area contributed by atoms with Crippen LogP contribution in [0.15, 0.2) is 54.6 Å². The van der Waals surface area contributed by atoms with Gasteiger partial charge in [-0.25, -0.2) is 0 Å². The average molecular weight is 252 g/mol. The summed E-state index contributed by atoms with van der Waals surface area (Å²) in [7, 11) is 0. The Morgan fingerprint density at radius 3 is 2.74 bits per heavy atom. The van der Waals surface area contributed by atoms with Gasteiger partial charge in [-0.2, -0.15) is 0 Å². The van der Waals surface area contributed by atoms with Crippen LogP contribution in [0.3, 0.4) is 0 Å². The Morgan fingerprint density at radius 2 is 1.89 bits per heavy atom. The van der Waals surface area contributed by atoms with Gasteiger partial charge in [0.1, 0.15) is 0 Å². The number of allylic oxidation sites excluding steroid dienone is 2. The summed E-state index contributed by atoms with van der Waals surface area (Å²) in [6.45, 7) is 0. The average Bonchev–Trinajstić information content (AvgIpc) is 2.48. The van der Waals surface area contributed by atoms with Crippen LogP contribution >= 0.6 is 0 Å². The van der Waals surface area contributed by atoms with E-state index < -0.39 is 0 Å². The lowest BCUT2D eigenvalue weighted by molar-refractivity contribution is 0.102. The molecule has 0 spiro atoms. The lowest BCUT2D eigenvalue weighted by Crippen LogP contribution is -2.23. The molecule has 2 unspecified atom stereocenters. The molecule has 0 aliphatic heterocycles. The molecule has 0 aromatic heterocycles. The van der Waals surface area contributed by atoms with Gasteiger partial charge in [-0.3, -0.25) is 0 Å². The van der Waals surface area contributed by atoms with E-state index in [0.717, 1.165) is 25.7 Å². The summed E-state index contributed by atoms with van der Waals surface area (Å²) >= 11 is 0. The fourth-order valence-electron chi connectivity index (χ4n) is 3.03. The Hall–Kier alpha value is -1.60. The predicted molar refractivity (Wildman–Crippen MR) is 80.1 cm³/mol. The molecule has 3 rings (SSSR count). The molecule has 0 radical (unpaired) electrons. The lowest BCUT2D eigenvalue weighted by Gasteiger charge is -2.24. The second-order valence-electron chi connectivity index (χ2n) is 5.45. The second-order valence-corrected chi connectivity index (χ2v) is 5.45. The molecule has 1 aliphatic carbocycles. The minimum absolute atomic E-state index is 0.226. The van der Waals surface area contributed by atoms with E-state index in [4.69, 9.17) is 0 Å². The first-order valence-electron chi connectivity index (χ1n) is 7.14. The summed E-state index contributed by atoms with van der Waals surface area (Å²) in [5.41, 5.74) is 1.26. The maximum absolute atomic E-state index is 10.5. The van der Waals surface area contributed by atoms with Crippen molar-refractivity contribution in [2.75, 3.05) is 0 Å². The van der Waals surface area contributed by atoms with Crippen molar-refractivity contribution in [2.24, 2.45) is 5.92 Å². The van der Waals surface area contributed by atoms with Gasteiger partial charge < -0.3 is 5.11 Å². The highest BCUT2D eigenvalue weighted by Gasteiger charge is 2.20. The molecule has 0 amide bonds. The fraction of sp³-hybridized carbons (Fsp3) is 0.333. The van der Waals surface area contributed by atoms with Crippen molar-refractivity contribution in [1.29, 1.82) is 0 Å². The fourth-order valence-corrected chi connectivity index (χ4v) is 3.03. The van der Waals surface area contributed by atoms with Crippen molar-refractivity contribution in [3.05, 3.63) is 60.2 Å². The van der Waals surface area contributed by atoms with Crippen molar-refractivity contribution < 1.29 is 5.11 Å². The van der Waals surface area contributed by atoms with Crippen LogP contribution in [-0.2, 0) is 6.42 Å². The number of aliphatic hydroxyl groups is 1. The van der Waals surface area contributed by atoms with Gasteiger partial charge >= 0.3 is 0 Å². The summed E-state index contributed by atoms with van der Waals surface area (Å²) in [5.74, 6) is 0.420. The van der Waals surface area contributed by atoms with E-state index >= 15 is 0 Å². The number of benzene rings is 2. The van der Waals surface area contributed by atoms with Gasteiger partial charge in [-0.1, -0.05) is 54.6 Å². The Bertz CT molecular complexity index is 580. The van der Waals surface area contributed by atoms with Crippen molar-refractivity contribution >= 4 is 10.8 Å². The van der Waals surface area contributed by atoms with E-state index in [-0.39, 0.29) is 6.10 Å². The molecule has 0 saturated carbocycles. The first-order chi connectivity index (χ1) is 9.34. The number of rotatable bonds is 3. The van der Waals surface area contributed by atoms with E-state index in [2.05, 4.69) is 54.6 Å². The minimum atomic E-state index is -0.226. The third-order valence-corrected chi connectivity index (χ3v) is 4.16. The number of hydrogen-bond donors (Lipinski definition) is 1. The minimum Gasteiger partial charge on any atom is -0.392 e. The maximum atomic E-state index is 10.5. The van der Waals surface area contributed by atoms with Gasteiger partial charge in [0.05, 0.1) is 6.10 Å². The number of aliphatic hydroxyl groups excluding tert-OH is 1. The van der Waals surface area contributed by atoms with Crippen LogP contribution in [-0.4, -0.2) is 11.2 Å². The van der Waals surface area contributed by atoms with Crippen molar-refractivity contribution in [1.82, 2.24) is 0 Å². The Kier molecular flexibility index (Phi) is 3.65.